The Labute approximate surface area is 173 Å². The highest BCUT2D eigenvalue weighted by Gasteiger charge is 2.19. The van der Waals surface area contributed by atoms with Gasteiger partial charge in [-0.05, 0) is 24.6 Å². The third-order valence-electron chi connectivity index (χ3n) is 3.33. The molecule has 0 aromatic heterocycles. The Morgan fingerprint density at radius 3 is 2.48 bits per heavy atom. The van der Waals surface area contributed by atoms with Gasteiger partial charge in [0.1, 0.15) is 18.5 Å². The van der Waals surface area contributed by atoms with Gasteiger partial charge in [-0.15, -0.1) is 11.8 Å². The van der Waals surface area contributed by atoms with E-state index in [9.17, 15) is 19.5 Å². The van der Waals surface area contributed by atoms with Gasteiger partial charge >= 0.3 is 11.9 Å². The van der Waals surface area contributed by atoms with Gasteiger partial charge in [0.15, 0.2) is 0 Å². The SMILES string of the molecule is CC(C)CNCC(O)COc1cccc2c1SCC(=O)N2.O=C(O)/C=C/C(=O)O. The van der Waals surface area contributed by atoms with E-state index in [-0.39, 0.29) is 12.5 Å². The summed E-state index contributed by atoms with van der Waals surface area (Å²) in [4.78, 5) is 31.4. The van der Waals surface area contributed by atoms with Crippen LogP contribution in [0.15, 0.2) is 35.2 Å². The molecule has 1 aromatic carbocycles. The number of fused-ring (bicyclic) bond motifs is 1. The highest BCUT2D eigenvalue weighted by molar-refractivity contribution is 8.00. The monoisotopic (exact) mass is 426 g/mol. The van der Waals surface area contributed by atoms with Crippen molar-refractivity contribution in [2.45, 2.75) is 24.8 Å². The summed E-state index contributed by atoms with van der Waals surface area (Å²) in [7, 11) is 0. The molecule has 1 heterocycles. The lowest BCUT2D eigenvalue weighted by Gasteiger charge is -2.20. The second-order valence-corrected chi connectivity index (χ2v) is 7.48. The number of rotatable bonds is 9. The number of hydrogen-bond donors (Lipinski definition) is 5. The molecule has 0 radical (unpaired) electrons. The van der Waals surface area contributed by atoms with Crippen LogP contribution in [0.2, 0.25) is 0 Å². The number of amides is 1. The van der Waals surface area contributed by atoms with E-state index in [4.69, 9.17) is 14.9 Å². The van der Waals surface area contributed by atoms with Crippen molar-refractivity contribution < 1.29 is 34.4 Å². The summed E-state index contributed by atoms with van der Waals surface area (Å²) >= 11 is 1.46. The minimum atomic E-state index is -1.26. The number of carbonyl (C=O) groups excluding carboxylic acids is 1. The zero-order valence-corrected chi connectivity index (χ0v) is 17.1. The maximum atomic E-state index is 11.4. The smallest absolute Gasteiger partial charge is 0.328 e. The average Bonchev–Trinajstić information content (AvgIpc) is 2.64. The number of carbonyl (C=O) groups is 3. The number of anilines is 1. The molecule has 1 aromatic rings. The number of aliphatic carboxylic acids is 2. The summed E-state index contributed by atoms with van der Waals surface area (Å²) in [6.45, 7) is 5.86. The predicted molar refractivity (Wildman–Crippen MR) is 109 cm³/mol. The van der Waals surface area contributed by atoms with Crippen LogP contribution in [0.5, 0.6) is 5.75 Å². The molecule has 1 aliphatic rings. The van der Waals surface area contributed by atoms with Gasteiger partial charge in [-0.1, -0.05) is 19.9 Å². The first-order chi connectivity index (χ1) is 13.7. The zero-order valence-electron chi connectivity index (χ0n) is 16.3. The first-order valence-corrected chi connectivity index (χ1v) is 9.88. The largest absolute Gasteiger partial charge is 0.490 e. The first kappa shape index (κ1) is 24.5. The Bertz CT molecular complexity index is 721. The van der Waals surface area contributed by atoms with Crippen molar-refractivity contribution in [3.63, 3.8) is 0 Å². The van der Waals surface area contributed by atoms with E-state index in [1.54, 1.807) is 0 Å². The minimum absolute atomic E-state index is 0.00238. The van der Waals surface area contributed by atoms with Gasteiger partial charge in [-0.2, -0.15) is 0 Å². The molecule has 10 heteroatoms. The van der Waals surface area contributed by atoms with E-state index in [1.807, 2.05) is 18.2 Å². The van der Waals surface area contributed by atoms with Crippen LogP contribution in [-0.2, 0) is 14.4 Å². The van der Waals surface area contributed by atoms with Crippen molar-refractivity contribution >= 4 is 35.3 Å². The van der Waals surface area contributed by atoms with Crippen LogP contribution in [-0.4, -0.2) is 64.7 Å². The number of aliphatic hydroxyl groups excluding tert-OH is 1. The van der Waals surface area contributed by atoms with E-state index < -0.39 is 18.0 Å². The van der Waals surface area contributed by atoms with Crippen molar-refractivity contribution in [1.82, 2.24) is 5.32 Å². The quantitative estimate of drug-likeness (QED) is 0.370. The Balaban J connectivity index is 0.000000447. The molecule has 1 unspecified atom stereocenters. The van der Waals surface area contributed by atoms with E-state index in [0.29, 0.717) is 36.1 Å². The summed E-state index contributed by atoms with van der Waals surface area (Å²) in [5.41, 5.74) is 0.779. The third-order valence-corrected chi connectivity index (χ3v) is 4.45. The fourth-order valence-electron chi connectivity index (χ4n) is 2.13. The number of carboxylic acid groups (broad SMARTS) is 2. The second kappa shape index (κ2) is 12.8. The zero-order chi connectivity index (χ0) is 21.8. The van der Waals surface area contributed by atoms with E-state index >= 15 is 0 Å². The normalized spacial score (nSPS) is 13.9. The molecule has 0 spiro atoms. The Kier molecular flexibility index (Phi) is 10.8. The van der Waals surface area contributed by atoms with Gasteiger partial charge in [-0.25, -0.2) is 9.59 Å². The van der Waals surface area contributed by atoms with Gasteiger partial charge in [0, 0.05) is 18.7 Å². The van der Waals surface area contributed by atoms with Crippen LogP contribution < -0.4 is 15.4 Å². The summed E-state index contributed by atoms with van der Waals surface area (Å²) < 4.78 is 5.70. The highest BCUT2D eigenvalue weighted by Crippen LogP contribution is 2.38. The molecule has 9 nitrogen and oxygen atoms in total. The highest BCUT2D eigenvalue weighted by atomic mass is 32.2. The van der Waals surface area contributed by atoms with Gasteiger partial charge in [-0.3, -0.25) is 4.79 Å². The molecule has 160 valence electrons. The van der Waals surface area contributed by atoms with E-state index in [1.165, 1.54) is 11.8 Å². The topological polar surface area (TPSA) is 145 Å². The number of nitrogens with one attached hydrogen (secondary N) is 2. The molecule has 1 amide bonds. The van der Waals surface area contributed by atoms with Crippen LogP contribution in [0.3, 0.4) is 0 Å². The summed E-state index contributed by atoms with van der Waals surface area (Å²) in [5.74, 6) is -0.853. The molecule has 1 aliphatic heterocycles. The van der Waals surface area contributed by atoms with Crippen molar-refractivity contribution in [3.8, 4) is 5.75 Å². The van der Waals surface area contributed by atoms with E-state index in [0.717, 1.165) is 17.1 Å². The Morgan fingerprint density at radius 1 is 1.24 bits per heavy atom. The lowest BCUT2D eigenvalue weighted by atomic mass is 10.2. The molecule has 29 heavy (non-hydrogen) atoms. The van der Waals surface area contributed by atoms with Crippen molar-refractivity contribution in [3.05, 3.63) is 30.4 Å². The third kappa shape index (κ3) is 10.5. The number of benzene rings is 1. The van der Waals surface area contributed by atoms with Gasteiger partial charge < -0.3 is 30.7 Å². The van der Waals surface area contributed by atoms with Gasteiger partial charge in [0.2, 0.25) is 5.91 Å². The van der Waals surface area contributed by atoms with Crippen LogP contribution in [0, 0.1) is 5.92 Å². The molecular formula is C19H26N2O7S. The molecule has 5 N–H and O–H groups in total. The number of ether oxygens (including phenoxy) is 1. The van der Waals surface area contributed by atoms with Crippen LogP contribution in [0.25, 0.3) is 0 Å². The first-order valence-electron chi connectivity index (χ1n) is 8.90. The molecule has 0 fully saturated rings. The standard InChI is InChI=1S/C15H22N2O3S.C4H4O4/c1-10(2)6-16-7-11(18)8-20-13-5-3-4-12-15(13)21-9-14(19)17-12;5-3(6)1-2-4(7)8/h3-5,10-11,16,18H,6-9H2,1-2H3,(H,17,19);1-2H,(H,5,6)(H,7,8)/b;2-1+. The van der Waals surface area contributed by atoms with Gasteiger partial charge in [0.05, 0.1) is 16.3 Å². The average molecular weight is 426 g/mol. The Hall–Kier alpha value is -2.56. The predicted octanol–water partition coefficient (Wildman–Crippen LogP) is 1.43. The fourth-order valence-corrected chi connectivity index (χ4v) is 3.02. The number of thioether (sulfide) groups is 1. The molecule has 1 atom stereocenters. The molecule has 0 aliphatic carbocycles. The minimum Gasteiger partial charge on any atom is -0.490 e. The van der Waals surface area contributed by atoms with Crippen LogP contribution in [0.1, 0.15) is 13.8 Å². The molecule has 0 bridgehead atoms. The number of carboxylic acids is 2. The summed E-state index contributed by atoms with van der Waals surface area (Å²) in [5, 5.41) is 31.5. The molecule has 2 rings (SSSR count). The lowest BCUT2D eigenvalue weighted by Crippen LogP contribution is -2.33. The Morgan fingerprint density at radius 2 is 1.90 bits per heavy atom. The maximum Gasteiger partial charge on any atom is 0.328 e. The van der Waals surface area contributed by atoms with Crippen molar-refractivity contribution in [2.75, 3.05) is 30.8 Å². The number of aliphatic hydroxyl groups is 1. The summed E-state index contributed by atoms with van der Waals surface area (Å²) in [6, 6.07) is 5.55. The van der Waals surface area contributed by atoms with Crippen molar-refractivity contribution in [2.24, 2.45) is 5.92 Å². The fraction of sp³-hybridized carbons (Fsp3) is 0.421. The number of hydrogen-bond acceptors (Lipinski definition) is 7. The molecular weight excluding hydrogens is 400 g/mol. The van der Waals surface area contributed by atoms with Crippen LogP contribution >= 0.6 is 11.8 Å². The van der Waals surface area contributed by atoms with Crippen molar-refractivity contribution in [1.29, 1.82) is 0 Å². The lowest BCUT2D eigenvalue weighted by molar-refractivity contribution is -0.134. The maximum absolute atomic E-state index is 11.4. The molecule has 0 saturated heterocycles. The van der Waals surface area contributed by atoms with E-state index in [2.05, 4.69) is 24.5 Å². The summed E-state index contributed by atoms with van der Waals surface area (Å²) in [6.07, 6.45) is 0.563. The van der Waals surface area contributed by atoms with Gasteiger partial charge in [0.25, 0.3) is 0 Å². The molecule has 0 saturated carbocycles. The second-order valence-electron chi connectivity index (χ2n) is 6.50. The van der Waals surface area contributed by atoms with Crippen LogP contribution in [0.4, 0.5) is 5.69 Å².